The van der Waals surface area contributed by atoms with Crippen LogP contribution < -0.4 is 4.74 Å². The quantitative estimate of drug-likeness (QED) is 0.823. The van der Waals surface area contributed by atoms with Crippen molar-refractivity contribution in [2.45, 2.75) is 25.5 Å². The molecule has 0 bridgehead atoms. The van der Waals surface area contributed by atoms with E-state index in [1.807, 2.05) is 0 Å². The van der Waals surface area contributed by atoms with Crippen molar-refractivity contribution in [1.82, 2.24) is 20.2 Å². The summed E-state index contributed by atoms with van der Waals surface area (Å²) < 4.78 is 20.5. The Morgan fingerprint density at radius 3 is 2.77 bits per heavy atom. The second kappa shape index (κ2) is 5.76. The molecule has 2 unspecified atom stereocenters. The van der Waals surface area contributed by atoms with Gasteiger partial charge < -0.3 is 23.4 Å². The summed E-state index contributed by atoms with van der Waals surface area (Å²) >= 11 is 0. The number of aryl methyl sites for hydroxylation is 1. The molecule has 0 N–H and O–H groups in total. The fraction of sp³-hybridized carbons (Fsp3) is 0.538. The number of ether oxygens (including phenoxy) is 2. The summed E-state index contributed by atoms with van der Waals surface area (Å²) in [4.78, 5) is 18.4. The third kappa shape index (κ3) is 2.54. The Bertz CT molecular complexity index is 667. The van der Waals surface area contributed by atoms with Crippen molar-refractivity contribution in [3.05, 3.63) is 23.5 Å². The molecule has 1 fully saturated rings. The Morgan fingerprint density at radius 1 is 1.36 bits per heavy atom. The van der Waals surface area contributed by atoms with Crippen molar-refractivity contribution >= 4 is 5.91 Å². The molecule has 9 heteroatoms. The number of amides is 1. The molecule has 22 heavy (non-hydrogen) atoms. The van der Waals surface area contributed by atoms with Crippen LogP contribution >= 0.6 is 0 Å². The van der Waals surface area contributed by atoms with E-state index in [4.69, 9.17) is 18.5 Å². The van der Waals surface area contributed by atoms with Gasteiger partial charge in [0.05, 0.1) is 19.3 Å². The van der Waals surface area contributed by atoms with Gasteiger partial charge in [0.15, 0.2) is 5.82 Å². The molecule has 0 aliphatic carbocycles. The molecule has 1 aliphatic rings. The number of carbonyl (C=O) groups excluding carboxylic acids is 1. The molecule has 0 aromatic carbocycles. The largest absolute Gasteiger partial charge is 0.479 e. The highest BCUT2D eigenvalue weighted by Gasteiger charge is 2.41. The van der Waals surface area contributed by atoms with Crippen molar-refractivity contribution in [1.29, 1.82) is 0 Å². The van der Waals surface area contributed by atoms with E-state index in [1.54, 1.807) is 18.9 Å². The van der Waals surface area contributed by atoms with E-state index in [9.17, 15) is 4.79 Å². The monoisotopic (exact) mass is 308 g/mol. The Balaban J connectivity index is 1.86. The van der Waals surface area contributed by atoms with E-state index < -0.39 is 0 Å². The van der Waals surface area contributed by atoms with Crippen molar-refractivity contribution in [3.8, 4) is 5.88 Å². The summed E-state index contributed by atoms with van der Waals surface area (Å²) in [6.07, 6.45) is 0.473. The van der Waals surface area contributed by atoms with E-state index in [1.165, 1.54) is 13.2 Å². The molecule has 0 saturated carbocycles. The molecule has 0 spiro atoms. The summed E-state index contributed by atoms with van der Waals surface area (Å²) in [6.45, 7) is 2.13. The van der Waals surface area contributed by atoms with Gasteiger partial charge in [-0.3, -0.25) is 4.79 Å². The number of rotatable bonds is 4. The van der Waals surface area contributed by atoms with Crippen LogP contribution in [0.25, 0.3) is 0 Å². The molecule has 2 atom stereocenters. The van der Waals surface area contributed by atoms with Crippen LogP contribution in [0.5, 0.6) is 5.88 Å². The first-order valence-electron chi connectivity index (χ1n) is 6.77. The number of likely N-dealkylation sites (tertiary alicyclic amines) is 1. The fourth-order valence-electron chi connectivity index (χ4n) is 2.47. The zero-order valence-electron chi connectivity index (χ0n) is 12.5. The smallest absolute Gasteiger partial charge is 0.293 e. The lowest BCUT2D eigenvalue weighted by atomic mass is 10.2. The van der Waals surface area contributed by atoms with Gasteiger partial charge in [-0.15, -0.1) is 0 Å². The van der Waals surface area contributed by atoms with E-state index >= 15 is 0 Å². The third-order valence-electron chi connectivity index (χ3n) is 3.59. The molecule has 0 radical (unpaired) electrons. The molecule has 1 saturated heterocycles. The zero-order chi connectivity index (χ0) is 15.7. The average molecular weight is 308 g/mol. The number of methoxy groups -OCH3 is 2. The van der Waals surface area contributed by atoms with Gasteiger partial charge in [0, 0.05) is 20.1 Å². The number of hydrogen-bond acceptors (Lipinski definition) is 8. The summed E-state index contributed by atoms with van der Waals surface area (Å²) in [7, 11) is 3.05. The Kier molecular flexibility index (Phi) is 3.80. The third-order valence-corrected chi connectivity index (χ3v) is 3.59. The minimum absolute atomic E-state index is 0.0924. The van der Waals surface area contributed by atoms with Gasteiger partial charge >= 0.3 is 0 Å². The lowest BCUT2D eigenvalue weighted by Crippen LogP contribution is -2.32. The molecule has 9 nitrogen and oxygen atoms in total. The number of hydrogen-bond donors (Lipinski definition) is 0. The first-order valence-corrected chi connectivity index (χ1v) is 6.77. The molecule has 2 aromatic heterocycles. The van der Waals surface area contributed by atoms with Gasteiger partial charge in [-0.1, -0.05) is 5.16 Å². The van der Waals surface area contributed by atoms with Crippen LogP contribution in [0.4, 0.5) is 0 Å². The maximum absolute atomic E-state index is 12.6. The van der Waals surface area contributed by atoms with Crippen LogP contribution in [0.15, 0.2) is 15.1 Å². The average Bonchev–Trinajstić information content (AvgIpc) is 3.24. The molecular weight excluding hydrogens is 292 g/mol. The van der Waals surface area contributed by atoms with Crippen LogP contribution in [0.2, 0.25) is 0 Å². The molecule has 118 valence electrons. The molecule has 2 aromatic rings. The second-order valence-corrected chi connectivity index (χ2v) is 4.98. The van der Waals surface area contributed by atoms with Crippen molar-refractivity contribution in [3.63, 3.8) is 0 Å². The maximum atomic E-state index is 12.6. The first-order chi connectivity index (χ1) is 10.6. The second-order valence-electron chi connectivity index (χ2n) is 4.98. The highest BCUT2D eigenvalue weighted by molar-refractivity contribution is 5.92. The predicted octanol–water partition coefficient (Wildman–Crippen LogP) is 0.977. The molecule has 3 heterocycles. The number of aromatic nitrogens is 3. The van der Waals surface area contributed by atoms with Gasteiger partial charge in [0.1, 0.15) is 6.04 Å². The summed E-state index contributed by atoms with van der Waals surface area (Å²) in [6, 6.07) is 1.09. The standard InChI is InChI=1S/C13H16N4O5/c1-7-14-12(22-15-7)9-4-8(19-2)6-17(9)13(18)10-5-11(20-3)16-21-10/h5,8-9H,4,6H2,1-3H3. The normalized spacial score (nSPS) is 21.3. The van der Waals surface area contributed by atoms with Crippen LogP contribution in [-0.4, -0.2) is 53.0 Å². The summed E-state index contributed by atoms with van der Waals surface area (Å²) in [5, 5.41) is 7.42. The van der Waals surface area contributed by atoms with Crippen LogP contribution in [0, 0.1) is 6.92 Å². The lowest BCUT2D eigenvalue weighted by Gasteiger charge is -2.19. The van der Waals surface area contributed by atoms with Gasteiger partial charge in [-0.05, 0) is 12.1 Å². The summed E-state index contributed by atoms with van der Waals surface area (Å²) in [5.41, 5.74) is 0. The highest BCUT2D eigenvalue weighted by Crippen LogP contribution is 2.34. The lowest BCUT2D eigenvalue weighted by molar-refractivity contribution is 0.0630. The van der Waals surface area contributed by atoms with E-state index in [0.29, 0.717) is 24.7 Å². The van der Waals surface area contributed by atoms with Gasteiger partial charge in [-0.2, -0.15) is 4.98 Å². The highest BCUT2D eigenvalue weighted by atomic mass is 16.5. The number of carbonyl (C=O) groups is 1. The minimum atomic E-state index is -0.352. The SMILES string of the molecule is COc1cc(C(=O)N2CC(OC)CC2c2nc(C)no2)on1. The van der Waals surface area contributed by atoms with E-state index in [-0.39, 0.29) is 29.7 Å². The topological polar surface area (TPSA) is 104 Å². The van der Waals surface area contributed by atoms with Crippen LogP contribution in [0.3, 0.4) is 0 Å². The summed E-state index contributed by atoms with van der Waals surface area (Å²) in [5.74, 6) is 0.920. The Labute approximate surface area is 126 Å². The van der Waals surface area contributed by atoms with Crippen molar-refractivity contribution in [2.75, 3.05) is 20.8 Å². The van der Waals surface area contributed by atoms with Crippen molar-refractivity contribution in [2.24, 2.45) is 0 Å². The minimum Gasteiger partial charge on any atom is -0.479 e. The molecule has 1 amide bonds. The van der Waals surface area contributed by atoms with E-state index in [2.05, 4.69) is 15.3 Å². The van der Waals surface area contributed by atoms with E-state index in [0.717, 1.165) is 0 Å². The first kappa shape index (κ1) is 14.5. The fourth-order valence-corrected chi connectivity index (χ4v) is 2.47. The maximum Gasteiger partial charge on any atom is 0.293 e. The van der Waals surface area contributed by atoms with Gasteiger partial charge in [0.2, 0.25) is 11.7 Å². The molecule has 1 aliphatic heterocycles. The van der Waals surface area contributed by atoms with Crippen LogP contribution in [-0.2, 0) is 4.74 Å². The number of nitrogens with zero attached hydrogens (tertiary/aromatic N) is 4. The molecule has 3 rings (SSSR count). The Morgan fingerprint density at radius 2 is 2.18 bits per heavy atom. The van der Waals surface area contributed by atoms with Gasteiger partial charge in [0.25, 0.3) is 11.8 Å². The van der Waals surface area contributed by atoms with Crippen molar-refractivity contribution < 1.29 is 23.3 Å². The molecular formula is C13H16N4O5. The van der Waals surface area contributed by atoms with Crippen LogP contribution in [0.1, 0.15) is 34.7 Å². The predicted molar refractivity (Wildman–Crippen MR) is 71.3 cm³/mol. The Hall–Kier alpha value is -2.42. The van der Waals surface area contributed by atoms with Gasteiger partial charge in [-0.25, -0.2) is 0 Å². The zero-order valence-corrected chi connectivity index (χ0v) is 12.5.